The first-order valence-electron chi connectivity index (χ1n) is 8.75. The number of nitrogens with one attached hydrogen (secondary N) is 1. The van der Waals surface area contributed by atoms with Gasteiger partial charge >= 0.3 is 11.7 Å². The van der Waals surface area contributed by atoms with E-state index >= 15 is 0 Å². The van der Waals surface area contributed by atoms with E-state index in [-0.39, 0.29) is 29.4 Å². The quantitative estimate of drug-likeness (QED) is 0.822. The fourth-order valence-corrected chi connectivity index (χ4v) is 3.42. The van der Waals surface area contributed by atoms with Crippen LogP contribution in [-0.2, 0) is 18.3 Å². The van der Waals surface area contributed by atoms with E-state index in [4.69, 9.17) is 5.11 Å². The third-order valence-corrected chi connectivity index (χ3v) is 4.97. The average molecular weight is 371 g/mol. The van der Waals surface area contributed by atoms with Gasteiger partial charge in [0.25, 0.3) is 5.56 Å². The van der Waals surface area contributed by atoms with Crippen molar-refractivity contribution in [2.45, 2.75) is 25.2 Å². The molecule has 8 nitrogen and oxygen atoms in total. The third kappa shape index (κ3) is 3.99. The molecule has 1 aromatic heterocycles. The van der Waals surface area contributed by atoms with E-state index in [1.165, 1.54) is 13.2 Å². The zero-order chi connectivity index (χ0) is 19.6. The second kappa shape index (κ2) is 7.61. The highest BCUT2D eigenvalue weighted by molar-refractivity contribution is 5.87. The Labute approximate surface area is 155 Å². The Hall–Kier alpha value is -3.16. The van der Waals surface area contributed by atoms with Gasteiger partial charge in [-0.2, -0.15) is 0 Å². The van der Waals surface area contributed by atoms with E-state index in [1.54, 1.807) is 23.1 Å². The standard InChI is InChI=1S/C19H21N3O5/c1-21-17(24)15(10-20-19(21)27)9-16(23)22-7-3-6-14(11-22)12-4-2-5-13(8-12)18(25)26/h2,4-5,8,10,14H,3,6-7,9,11H2,1H3,(H,20,27)(H,25,26). The molecular weight excluding hydrogens is 350 g/mol. The number of carbonyl (C=O) groups is 2. The molecule has 0 saturated carbocycles. The summed E-state index contributed by atoms with van der Waals surface area (Å²) < 4.78 is 0.943. The van der Waals surface area contributed by atoms with Crippen LogP contribution in [0.2, 0.25) is 0 Å². The molecule has 1 unspecified atom stereocenters. The molecule has 1 saturated heterocycles. The Kier molecular flexibility index (Phi) is 5.25. The number of nitrogens with zero attached hydrogens (tertiary/aromatic N) is 2. The van der Waals surface area contributed by atoms with Gasteiger partial charge < -0.3 is 15.0 Å². The molecule has 8 heteroatoms. The first-order chi connectivity index (χ1) is 12.9. The van der Waals surface area contributed by atoms with Gasteiger partial charge in [0.1, 0.15) is 0 Å². The first-order valence-corrected chi connectivity index (χ1v) is 8.75. The second-order valence-electron chi connectivity index (χ2n) is 6.77. The van der Waals surface area contributed by atoms with Crippen LogP contribution in [0.5, 0.6) is 0 Å². The van der Waals surface area contributed by atoms with E-state index in [1.807, 2.05) is 6.07 Å². The van der Waals surface area contributed by atoms with E-state index in [0.717, 1.165) is 23.0 Å². The van der Waals surface area contributed by atoms with Crippen molar-refractivity contribution in [1.29, 1.82) is 0 Å². The van der Waals surface area contributed by atoms with Crippen LogP contribution in [-0.4, -0.2) is 44.5 Å². The van der Waals surface area contributed by atoms with Crippen molar-refractivity contribution in [3.05, 3.63) is 68.0 Å². The van der Waals surface area contributed by atoms with Gasteiger partial charge in [0, 0.05) is 37.8 Å². The number of aromatic nitrogens is 2. The monoisotopic (exact) mass is 371 g/mol. The number of amides is 1. The number of H-pyrrole nitrogens is 1. The highest BCUT2D eigenvalue weighted by atomic mass is 16.4. The molecule has 1 aromatic carbocycles. The number of hydrogen-bond donors (Lipinski definition) is 2. The molecule has 1 amide bonds. The summed E-state index contributed by atoms with van der Waals surface area (Å²) in [6, 6.07) is 6.79. The van der Waals surface area contributed by atoms with Crippen molar-refractivity contribution >= 4 is 11.9 Å². The molecule has 3 rings (SSSR count). The largest absolute Gasteiger partial charge is 0.478 e. The smallest absolute Gasteiger partial charge is 0.335 e. The summed E-state index contributed by atoms with van der Waals surface area (Å²) in [5.74, 6) is -1.10. The lowest BCUT2D eigenvalue weighted by atomic mass is 9.89. The van der Waals surface area contributed by atoms with Crippen LogP contribution in [0.3, 0.4) is 0 Å². The number of aromatic carboxylic acids is 1. The number of aromatic amines is 1. The van der Waals surface area contributed by atoms with Crippen LogP contribution in [0, 0.1) is 0 Å². The lowest BCUT2D eigenvalue weighted by molar-refractivity contribution is -0.131. The number of hydrogen-bond acceptors (Lipinski definition) is 4. The van der Waals surface area contributed by atoms with Crippen molar-refractivity contribution in [2.75, 3.05) is 13.1 Å². The van der Waals surface area contributed by atoms with Crippen molar-refractivity contribution in [3.63, 3.8) is 0 Å². The summed E-state index contributed by atoms with van der Waals surface area (Å²) in [6.07, 6.45) is 2.89. The number of carboxylic acid groups (broad SMARTS) is 1. The molecule has 1 atom stereocenters. The maximum atomic E-state index is 12.7. The first kappa shape index (κ1) is 18.6. The molecule has 2 heterocycles. The van der Waals surface area contributed by atoms with E-state index in [2.05, 4.69) is 4.98 Å². The lowest BCUT2D eigenvalue weighted by Gasteiger charge is -2.33. The van der Waals surface area contributed by atoms with Gasteiger partial charge in [0.2, 0.25) is 5.91 Å². The Morgan fingerprint density at radius 3 is 2.81 bits per heavy atom. The van der Waals surface area contributed by atoms with Crippen molar-refractivity contribution in [3.8, 4) is 0 Å². The number of carboxylic acids is 1. The summed E-state index contributed by atoms with van der Waals surface area (Å²) >= 11 is 0. The van der Waals surface area contributed by atoms with Crippen LogP contribution in [0.25, 0.3) is 0 Å². The molecule has 0 bridgehead atoms. The predicted octanol–water partition coefficient (Wildman–Crippen LogP) is 0.720. The van der Waals surface area contributed by atoms with E-state index in [0.29, 0.717) is 13.1 Å². The maximum Gasteiger partial charge on any atom is 0.335 e. The van der Waals surface area contributed by atoms with Crippen LogP contribution in [0.1, 0.15) is 40.2 Å². The topological polar surface area (TPSA) is 112 Å². The molecular formula is C19H21N3O5. The molecule has 1 aliphatic heterocycles. The Bertz CT molecular complexity index is 991. The van der Waals surface area contributed by atoms with Crippen LogP contribution in [0.15, 0.2) is 40.1 Å². The Balaban J connectivity index is 1.74. The van der Waals surface area contributed by atoms with Crippen molar-refractivity contribution in [1.82, 2.24) is 14.5 Å². The number of carbonyl (C=O) groups excluding carboxylic acids is 1. The fraction of sp³-hybridized carbons (Fsp3) is 0.368. The predicted molar refractivity (Wildman–Crippen MR) is 98.0 cm³/mol. The number of likely N-dealkylation sites (tertiary alicyclic amines) is 1. The number of benzene rings is 1. The zero-order valence-corrected chi connectivity index (χ0v) is 15.0. The third-order valence-electron chi connectivity index (χ3n) is 4.97. The summed E-state index contributed by atoms with van der Waals surface area (Å²) in [4.78, 5) is 51.5. The Morgan fingerprint density at radius 1 is 1.30 bits per heavy atom. The van der Waals surface area contributed by atoms with Gasteiger partial charge in [-0.3, -0.25) is 14.2 Å². The SMILES string of the molecule is Cn1c(=O)[nH]cc(CC(=O)N2CCCC(c3cccc(C(=O)O)c3)C2)c1=O. The molecule has 2 N–H and O–H groups in total. The minimum atomic E-state index is -0.977. The van der Waals surface area contributed by atoms with Gasteiger partial charge in [0.05, 0.1) is 12.0 Å². The van der Waals surface area contributed by atoms with Crippen molar-refractivity contribution < 1.29 is 14.7 Å². The van der Waals surface area contributed by atoms with Crippen LogP contribution >= 0.6 is 0 Å². The highest BCUT2D eigenvalue weighted by Crippen LogP contribution is 2.27. The second-order valence-corrected chi connectivity index (χ2v) is 6.77. The van der Waals surface area contributed by atoms with Gasteiger partial charge in [-0.25, -0.2) is 9.59 Å². The summed E-state index contributed by atoms with van der Waals surface area (Å²) in [7, 11) is 1.36. The molecule has 2 aromatic rings. The number of rotatable bonds is 4. The summed E-state index contributed by atoms with van der Waals surface area (Å²) in [5, 5.41) is 9.16. The minimum Gasteiger partial charge on any atom is -0.478 e. The molecule has 0 aliphatic carbocycles. The van der Waals surface area contributed by atoms with Crippen LogP contribution in [0.4, 0.5) is 0 Å². The molecule has 142 valence electrons. The maximum absolute atomic E-state index is 12.7. The minimum absolute atomic E-state index is 0.0559. The molecule has 0 radical (unpaired) electrons. The highest BCUT2D eigenvalue weighted by Gasteiger charge is 2.26. The summed E-state index contributed by atoms with van der Waals surface area (Å²) in [5.41, 5.74) is 0.375. The van der Waals surface area contributed by atoms with E-state index in [9.17, 15) is 19.2 Å². The fourth-order valence-electron chi connectivity index (χ4n) is 3.42. The van der Waals surface area contributed by atoms with Crippen LogP contribution < -0.4 is 11.2 Å². The van der Waals surface area contributed by atoms with Gasteiger partial charge in [-0.05, 0) is 30.5 Å². The molecule has 27 heavy (non-hydrogen) atoms. The molecule has 1 fully saturated rings. The normalized spacial score (nSPS) is 16.9. The van der Waals surface area contributed by atoms with Crippen molar-refractivity contribution in [2.24, 2.45) is 7.05 Å². The Morgan fingerprint density at radius 2 is 2.07 bits per heavy atom. The van der Waals surface area contributed by atoms with Gasteiger partial charge in [-0.15, -0.1) is 0 Å². The van der Waals surface area contributed by atoms with Gasteiger partial charge in [0.15, 0.2) is 0 Å². The molecule has 1 aliphatic rings. The lowest BCUT2D eigenvalue weighted by Crippen LogP contribution is -2.42. The molecule has 0 spiro atoms. The average Bonchev–Trinajstić information content (AvgIpc) is 2.68. The zero-order valence-electron chi connectivity index (χ0n) is 15.0. The summed E-state index contributed by atoms with van der Waals surface area (Å²) in [6.45, 7) is 1.07. The number of piperidine rings is 1. The van der Waals surface area contributed by atoms with Gasteiger partial charge in [-0.1, -0.05) is 12.1 Å². The van der Waals surface area contributed by atoms with E-state index < -0.39 is 17.2 Å².